The Kier molecular flexibility index (Phi) is 5.12. The Balaban J connectivity index is 2.33. The number of anilines is 2. The summed E-state index contributed by atoms with van der Waals surface area (Å²) in [6.07, 6.45) is 0. The zero-order valence-corrected chi connectivity index (χ0v) is 15.4. The molecule has 0 spiro atoms. The average Bonchev–Trinajstić information content (AvgIpc) is 2.33. The van der Waals surface area contributed by atoms with E-state index < -0.39 is 0 Å². The van der Waals surface area contributed by atoms with Crippen LogP contribution >= 0.6 is 59.4 Å². The highest BCUT2D eigenvalue weighted by atomic mass is 79.9. The number of carbonyl (C=O) groups excluding carboxylic acids is 1. The van der Waals surface area contributed by atoms with Crippen LogP contribution in [0.5, 0.6) is 0 Å². The fourth-order valence-corrected chi connectivity index (χ4v) is 3.85. The minimum absolute atomic E-state index is 0.250. The van der Waals surface area contributed by atoms with E-state index in [1.54, 1.807) is 30.3 Å². The molecule has 0 saturated carbocycles. The number of nitrogen functional groups attached to an aromatic ring is 1. The van der Waals surface area contributed by atoms with E-state index in [9.17, 15) is 4.79 Å². The number of rotatable bonds is 2. The average molecular weight is 483 g/mol. The first-order valence-electron chi connectivity index (χ1n) is 5.39. The number of benzene rings is 2. The second-order valence-corrected chi connectivity index (χ2v) is 6.94. The lowest BCUT2D eigenvalue weighted by Crippen LogP contribution is -2.13. The van der Waals surface area contributed by atoms with Crippen molar-refractivity contribution in [2.45, 2.75) is 0 Å². The third kappa shape index (κ3) is 3.55. The summed E-state index contributed by atoms with van der Waals surface area (Å²) in [7, 11) is 0. The molecule has 2 rings (SSSR count). The van der Waals surface area contributed by atoms with Gasteiger partial charge in [0, 0.05) is 24.1 Å². The van der Waals surface area contributed by atoms with Crippen LogP contribution in [0.1, 0.15) is 10.4 Å². The van der Waals surface area contributed by atoms with Crippen molar-refractivity contribution in [3.05, 3.63) is 54.3 Å². The number of nitrogens with one attached hydrogen (secondary N) is 1. The molecule has 1 amide bonds. The number of nitrogens with two attached hydrogens (primary N) is 1. The summed E-state index contributed by atoms with van der Waals surface area (Å²) < 4.78 is 2.02. The van der Waals surface area contributed by atoms with E-state index in [1.807, 2.05) is 0 Å². The summed E-state index contributed by atoms with van der Waals surface area (Å²) in [5.74, 6) is -0.250. The molecule has 0 fully saturated rings. The van der Waals surface area contributed by atoms with Crippen LogP contribution in [0.15, 0.2) is 43.7 Å². The van der Waals surface area contributed by atoms with E-state index in [-0.39, 0.29) is 5.91 Å². The molecule has 0 saturated heterocycles. The molecule has 0 aliphatic rings. The van der Waals surface area contributed by atoms with Crippen LogP contribution in [0.3, 0.4) is 0 Å². The molecule has 7 heteroatoms. The van der Waals surface area contributed by atoms with Crippen LogP contribution < -0.4 is 11.1 Å². The van der Waals surface area contributed by atoms with Crippen molar-refractivity contribution in [1.29, 1.82) is 0 Å². The van der Waals surface area contributed by atoms with E-state index in [0.717, 1.165) is 0 Å². The van der Waals surface area contributed by atoms with Crippen molar-refractivity contribution in [1.82, 2.24) is 0 Å². The standard InChI is InChI=1S/C13H8Br3ClN2O/c14-9-3-6(17)1-2-8(9)13(20)19-12-10(15)4-7(18)5-11(12)16/h1-5H,18H2,(H,19,20). The van der Waals surface area contributed by atoms with Crippen LogP contribution in [-0.2, 0) is 0 Å². The van der Waals surface area contributed by atoms with Gasteiger partial charge in [0.1, 0.15) is 0 Å². The molecule has 0 atom stereocenters. The van der Waals surface area contributed by atoms with Crippen molar-refractivity contribution in [3.8, 4) is 0 Å². The molecule has 2 aromatic rings. The van der Waals surface area contributed by atoms with Gasteiger partial charge in [-0.1, -0.05) is 11.6 Å². The molecule has 3 nitrogen and oxygen atoms in total. The van der Waals surface area contributed by atoms with Gasteiger partial charge in [0.25, 0.3) is 5.91 Å². The van der Waals surface area contributed by atoms with Gasteiger partial charge in [-0.3, -0.25) is 4.79 Å². The molecule has 0 aliphatic carbocycles. The van der Waals surface area contributed by atoms with Gasteiger partial charge in [-0.25, -0.2) is 0 Å². The molecular weight excluding hydrogens is 475 g/mol. The first-order valence-corrected chi connectivity index (χ1v) is 8.15. The van der Waals surface area contributed by atoms with Gasteiger partial charge in [-0.15, -0.1) is 0 Å². The lowest BCUT2D eigenvalue weighted by atomic mass is 10.2. The maximum atomic E-state index is 12.3. The zero-order valence-electron chi connectivity index (χ0n) is 9.88. The highest BCUT2D eigenvalue weighted by Crippen LogP contribution is 2.34. The van der Waals surface area contributed by atoms with Gasteiger partial charge in [-0.05, 0) is 78.1 Å². The molecule has 0 aromatic heterocycles. The molecular formula is C13H8Br3ClN2O. The molecule has 104 valence electrons. The van der Waals surface area contributed by atoms with Crippen molar-refractivity contribution in [2.75, 3.05) is 11.1 Å². The van der Waals surface area contributed by atoms with Crippen molar-refractivity contribution in [2.24, 2.45) is 0 Å². The highest BCUT2D eigenvalue weighted by molar-refractivity contribution is 9.11. The van der Waals surface area contributed by atoms with Crippen LogP contribution in [-0.4, -0.2) is 5.91 Å². The van der Waals surface area contributed by atoms with Crippen LogP contribution in [0.25, 0.3) is 0 Å². The first kappa shape index (κ1) is 15.8. The fourth-order valence-electron chi connectivity index (χ4n) is 1.57. The lowest BCUT2D eigenvalue weighted by molar-refractivity contribution is 0.102. The summed E-state index contributed by atoms with van der Waals surface area (Å²) in [5.41, 5.74) is 7.42. The molecule has 20 heavy (non-hydrogen) atoms. The van der Waals surface area contributed by atoms with E-state index in [4.69, 9.17) is 17.3 Å². The maximum Gasteiger partial charge on any atom is 0.256 e. The lowest BCUT2D eigenvalue weighted by Gasteiger charge is -2.11. The highest BCUT2D eigenvalue weighted by Gasteiger charge is 2.14. The number of amides is 1. The predicted molar refractivity (Wildman–Crippen MR) is 93.4 cm³/mol. The Morgan fingerprint density at radius 1 is 1.05 bits per heavy atom. The second-order valence-electron chi connectivity index (χ2n) is 3.94. The Morgan fingerprint density at radius 3 is 2.20 bits per heavy atom. The number of hydrogen-bond acceptors (Lipinski definition) is 2. The SMILES string of the molecule is Nc1cc(Br)c(NC(=O)c2ccc(Cl)cc2Br)c(Br)c1. The summed E-state index contributed by atoms with van der Waals surface area (Å²) in [6.45, 7) is 0. The maximum absolute atomic E-state index is 12.3. The third-order valence-electron chi connectivity index (χ3n) is 2.48. The fraction of sp³-hybridized carbons (Fsp3) is 0. The summed E-state index contributed by atoms with van der Waals surface area (Å²) in [5, 5.41) is 3.38. The van der Waals surface area contributed by atoms with Crippen LogP contribution in [0.2, 0.25) is 5.02 Å². The van der Waals surface area contributed by atoms with Gasteiger partial charge < -0.3 is 11.1 Å². The second kappa shape index (κ2) is 6.47. The van der Waals surface area contributed by atoms with Crippen molar-refractivity contribution in [3.63, 3.8) is 0 Å². The van der Waals surface area contributed by atoms with E-state index in [1.165, 1.54) is 0 Å². The number of halogens is 4. The molecule has 3 N–H and O–H groups in total. The van der Waals surface area contributed by atoms with Crippen LogP contribution in [0, 0.1) is 0 Å². The Morgan fingerprint density at radius 2 is 1.65 bits per heavy atom. The van der Waals surface area contributed by atoms with Gasteiger partial charge in [0.05, 0.1) is 11.3 Å². The molecule has 0 unspecified atom stereocenters. The zero-order chi connectivity index (χ0) is 14.9. The molecule has 2 aromatic carbocycles. The van der Waals surface area contributed by atoms with Gasteiger partial charge in [-0.2, -0.15) is 0 Å². The normalized spacial score (nSPS) is 10.4. The van der Waals surface area contributed by atoms with E-state index in [2.05, 4.69) is 53.1 Å². The molecule has 0 heterocycles. The van der Waals surface area contributed by atoms with Gasteiger partial charge >= 0.3 is 0 Å². The number of carbonyl (C=O) groups is 1. The van der Waals surface area contributed by atoms with Gasteiger partial charge in [0.2, 0.25) is 0 Å². The van der Waals surface area contributed by atoms with Crippen molar-refractivity contribution >= 4 is 76.7 Å². The van der Waals surface area contributed by atoms with E-state index >= 15 is 0 Å². The Bertz CT molecular complexity index is 668. The quantitative estimate of drug-likeness (QED) is 0.558. The Labute approximate surface area is 146 Å². The Hall–Kier alpha value is -0.560. The van der Waals surface area contributed by atoms with E-state index in [0.29, 0.717) is 35.4 Å². The largest absolute Gasteiger partial charge is 0.399 e. The molecule has 0 aliphatic heterocycles. The first-order chi connectivity index (χ1) is 9.38. The van der Waals surface area contributed by atoms with Crippen molar-refractivity contribution < 1.29 is 4.79 Å². The predicted octanol–water partition coefficient (Wildman–Crippen LogP) is 5.46. The minimum Gasteiger partial charge on any atom is -0.399 e. The topological polar surface area (TPSA) is 55.1 Å². The monoisotopic (exact) mass is 480 g/mol. The molecule has 0 radical (unpaired) electrons. The summed E-state index contributed by atoms with van der Waals surface area (Å²) in [6, 6.07) is 8.42. The number of hydrogen-bond donors (Lipinski definition) is 2. The third-order valence-corrected chi connectivity index (χ3v) is 4.62. The molecule has 0 bridgehead atoms. The smallest absolute Gasteiger partial charge is 0.256 e. The van der Waals surface area contributed by atoms with Gasteiger partial charge in [0.15, 0.2) is 0 Å². The summed E-state index contributed by atoms with van der Waals surface area (Å²) in [4.78, 5) is 12.3. The minimum atomic E-state index is -0.250. The van der Waals surface area contributed by atoms with Crippen LogP contribution in [0.4, 0.5) is 11.4 Å². The summed E-state index contributed by atoms with van der Waals surface area (Å²) >= 11 is 15.9.